The van der Waals surface area contributed by atoms with Gasteiger partial charge < -0.3 is 15.6 Å². The van der Waals surface area contributed by atoms with Crippen molar-refractivity contribution in [1.29, 1.82) is 5.41 Å². The maximum atomic E-state index is 12.0. The Balaban J connectivity index is 0.000000409. The number of hydrogen-bond donors (Lipinski definition) is 4. The SMILES string of the molecule is Cl.Cl.N=C(N)c1ccc(OC(=O)c2ccc(C=CC(=O)O)cc2)cc1.NN1CCN(Cc2ccccc2)CC1. The number of hydrogen-bond acceptors (Lipinski definition) is 7. The smallest absolute Gasteiger partial charge is 0.343 e. The highest BCUT2D eigenvalue weighted by atomic mass is 35.5. The number of nitrogen functional groups attached to an aromatic ring is 1. The summed E-state index contributed by atoms with van der Waals surface area (Å²) in [6, 6.07) is 23.2. The Labute approximate surface area is 240 Å². The minimum absolute atomic E-state index is 0. The van der Waals surface area contributed by atoms with Crippen molar-refractivity contribution < 1.29 is 19.4 Å². The molecular formula is C28H33Cl2N5O4. The number of hydrazine groups is 1. The largest absolute Gasteiger partial charge is 0.478 e. The lowest BCUT2D eigenvalue weighted by Crippen LogP contribution is -2.48. The number of carbonyl (C=O) groups is 2. The third-order valence-electron chi connectivity index (χ3n) is 5.60. The first-order valence-electron chi connectivity index (χ1n) is 11.7. The summed E-state index contributed by atoms with van der Waals surface area (Å²) in [7, 11) is 0. The molecule has 1 aliphatic rings. The van der Waals surface area contributed by atoms with Crippen LogP contribution < -0.4 is 16.3 Å². The van der Waals surface area contributed by atoms with Gasteiger partial charge >= 0.3 is 11.9 Å². The number of benzene rings is 3. The van der Waals surface area contributed by atoms with Crippen LogP contribution in [0.1, 0.15) is 27.0 Å². The zero-order valence-corrected chi connectivity index (χ0v) is 22.9. The molecule has 9 nitrogen and oxygen atoms in total. The molecule has 208 valence electrons. The highest BCUT2D eigenvalue weighted by Crippen LogP contribution is 2.15. The standard InChI is InChI=1S/C17H14N2O4.C11H17N3.2ClH/c18-16(19)12-6-8-14(9-7-12)23-17(22)13-4-1-11(2-5-13)3-10-15(20)21;12-14-8-6-13(7-9-14)10-11-4-2-1-3-5-11;;/h1-10H,(H3,18,19)(H,20,21);1-5H,6-10,12H2;2*1H. The number of nitrogens with two attached hydrogens (primary N) is 2. The van der Waals surface area contributed by atoms with Crippen LogP contribution in [0.25, 0.3) is 6.08 Å². The van der Waals surface area contributed by atoms with Gasteiger partial charge in [-0.15, -0.1) is 24.8 Å². The van der Waals surface area contributed by atoms with Gasteiger partial charge in [-0.3, -0.25) is 16.2 Å². The van der Waals surface area contributed by atoms with Crippen LogP contribution in [0.4, 0.5) is 0 Å². The normalized spacial score (nSPS) is 13.3. The fourth-order valence-corrected chi connectivity index (χ4v) is 3.53. The number of halogens is 2. The number of ether oxygens (including phenoxy) is 1. The number of rotatable bonds is 7. The highest BCUT2D eigenvalue weighted by molar-refractivity contribution is 5.95. The predicted molar refractivity (Wildman–Crippen MR) is 158 cm³/mol. The Bertz CT molecular complexity index is 1210. The summed E-state index contributed by atoms with van der Waals surface area (Å²) in [6.45, 7) is 5.16. The van der Waals surface area contributed by atoms with Crippen LogP contribution >= 0.6 is 24.8 Å². The van der Waals surface area contributed by atoms with Crippen molar-refractivity contribution in [2.24, 2.45) is 11.6 Å². The van der Waals surface area contributed by atoms with Crippen LogP contribution in [0.15, 0.2) is 84.9 Å². The van der Waals surface area contributed by atoms with E-state index in [-0.39, 0.29) is 30.6 Å². The van der Waals surface area contributed by atoms with Crippen LogP contribution in [0.3, 0.4) is 0 Å². The number of esters is 1. The van der Waals surface area contributed by atoms with E-state index in [0.29, 0.717) is 22.4 Å². The zero-order valence-electron chi connectivity index (χ0n) is 21.2. The molecular weight excluding hydrogens is 541 g/mol. The molecule has 0 atom stereocenters. The molecule has 0 aromatic heterocycles. The van der Waals surface area contributed by atoms with Gasteiger partial charge in [0.25, 0.3) is 0 Å². The average Bonchev–Trinajstić information content (AvgIpc) is 2.90. The van der Waals surface area contributed by atoms with Gasteiger partial charge in [-0.25, -0.2) is 14.6 Å². The Morgan fingerprint density at radius 2 is 1.44 bits per heavy atom. The number of carbonyl (C=O) groups excluding carboxylic acids is 1. The van der Waals surface area contributed by atoms with Crippen molar-refractivity contribution in [3.05, 3.63) is 107 Å². The van der Waals surface area contributed by atoms with Gasteiger partial charge in [0.15, 0.2) is 0 Å². The molecule has 3 aromatic rings. The van der Waals surface area contributed by atoms with E-state index in [4.69, 9.17) is 26.8 Å². The van der Waals surface area contributed by atoms with Gasteiger partial charge in [-0.1, -0.05) is 42.5 Å². The quantitative estimate of drug-likeness (QED) is 0.0833. The van der Waals surface area contributed by atoms with E-state index in [1.54, 1.807) is 48.5 Å². The topological polar surface area (TPSA) is 146 Å². The minimum atomic E-state index is -1.04. The third-order valence-corrected chi connectivity index (χ3v) is 5.60. The predicted octanol–water partition coefficient (Wildman–Crippen LogP) is 3.81. The van der Waals surface area contributed by atoms with E-state index in [1.165, 1.54) is 11.6 Å². The summed E-state index contributed by atoms with van der Waals surface area (Å²) in [5.74, 6) is 4.40. The molecule has 1 saturated heterocycles. The molecule has 0 radical (unpaired) electrons. The molecule has 1 aliphatic heterocycles. The fraction of sp³-hybridized carbons (Fsp3) is 0.179. The van der Waals surface area contributed by atoms with E-state index in [1.807, 2.05) is 5.01 Å². The summed E-state index contributed by atoms with van der Waals surface area (Å²) in [6.07, 6.45) is 2.45. The summed E-state index contributed by atoms with van der Waals surface area (Å²) >= 11 is 0. The first kappa shape index (κ1) is 33.3. The van der Waals surface area contributed by atoms with Gasteiger partial charge in [-0.2, -0.15) is 0 Å². The Morgan fingerprint density at radius 1 is 0.872 bits per heavy atom. The maximum absolute atomic E-state index is 12.0. The maximum Gasteiger partial charge on any atom is 0.343 e. The number of carboxylic acid groups (broad SMARTS) is 1. The molecule has 3 aromatic carbocycles. The molecule has 1 fully saturated rings. The number of piperazine rings is 1. The van der Waals surface area contributed by atoms with Crippen molar-refractivity contribution in [2.75, 3.05) is 26.2 Å². The molecule has 0 unspecified atom stereocenters. The van der Waals surface area contributed by atoms with Gasteiger partial charge in [0, 0.05) is 44.4 Å². The van der Waals surface area contributed by atoms with E-state index in [9.17, 15) is 9.59 Å². The van der Waals surface area contributed by atoms with Crippen LogP contribution in [0.5, 0.6) is 5.75 Å². The molecule has 39 heavy (non-hydrogen) atoms. The Morgan fingerprint density at radius 3 is 1.97 bits per heavy atom. The highest BCUT2D eigenvalue weighted by Gasteiger charge is 2.13. The van der Waals surface area contributed by atoms with Gasteiger partial charge in [-0.05, 0) is 53.6 Å². The van der Waals surface area contributed by atoms with E-state index in [0.717, 1.165) is 38.8 Å². The van der Waals surface area contributed by atoms with E-state index < -0.39 is 11.9 Å². The second-order valence-corrected chi connectivity index (χ2v) is 8.42. The number of nitrogens with one attached hydrogen (secondary N) is 1. The lowest BCUT2D eigenvalue weighted by Gasteiger charge is -2.31. The monoisotopic (exact) mass is 573 g/mol. The molecule has 0 spiro atoms. The lowest BCUT2D eigenvalue weighted by molar-refractivity contribution is -0.131. The first-order chi connectivity index (χ1) is 17.8. The number of aliphatic carboxylic acids is 1. The zero-order chi connectivity index (χ0) is 26.6. The molecule has 11 heteroatoms. The molecule has 1 heterocycles. The fourth-order valence-electron chi connectivity index (χ4n) is 3.53. The van der Waals surface area contributed by atoms with Gasteiger partial charge in [0.05, 0.1) is 5.56 Å². The molecule has 0 saturated carbocycles. The molecule has 0 bridgehead atoms. The summed E-state index contributed by atoms with van der Waals surface area (Å²) in [5.41, 5.74) is 8.28. The van der Waals surface area contributed by atoms with Crippen molar-refractivity contribution in [2.45, 2.75) is 6.54 Å². The second-order valence-electron chi connectivity index (χ2n) is 8.42. The lowest BCUT2D eigenvalue weighted by atomic mass is 10.1. The van der Waals surface area contributed by atoms with Gasteiger partial charge in [0.2, 0.25) is 0 Å². The number of amidine groups is 1. The van der Waals surface area contributed by atoms with Crippen molar-refractivity contribution in [3.8, 4) is 5.75 Å². The molecule has 6 N–H and O–H groups in total. The van der Waals surface area contributed by atoms with Crippen LogP contribution in [0.2, 0.25) is 0 Å². The van der Waals surface area contributed by atoms with Crippen molar-refractivity contribution in [3.63, 3.8) is 0 Å². The molecule has 4 rings (SSSR count). The summed E-state index contributed by atoms with van der Waals surface area (Å²) in [4.78, 5) is 24.9. The second kappa shape index (κ2) is 17.0. The summed E-state index contributed by atoms with van der Waals surface area (Å²) < 4.78 is 5.21. The van der Waals surface area contributed by atoms with E-state index >= 15 is 0 Å². The van der Waals surface area contributed by atoms with E-state index in [2.05, 4.69) is 35.2 Å². The minimum Gasteiger partial charge on any atom is -0.478 e. The summed E-state index contributed by atoms with van der Waals surface area (Å²) in [5, 5.41) is 17.7. The average molecular weight is 575 g/mol. The van der Waals surface area contributed by atoms with Crippen LogP contribution in [0, 0.1) is 5.41 Å². The number of nitrogens with zero attached hydrogens (tertiary/aromatic N) is 2. The number of carboxylic acids is 1. The van der Waals surface area contributed by atoms with Crippen LogP contribution in [-0.2, 0) is 11.3 Å². The third kappa shape index (κ3) is 11.7. The van der Waals surface area contributed by atoms with Gasteiger partial charge in [0.1, 0.15) is 11.6 Å². The Hall–Kier alpha value is -3.73. The molecule has 0 amide bonds. The van der Waals surface area contributed by atoms with Crippen molar-refractivity contribution in [1.82, 2.24) is 9.91 Å². The van der Waals surface area contributed by atoms with Crippen LogP contribution in [-0.4, -0.2) is 59.0 Å². The van der Waals surface area contributed by atoms with Crippen molar-refractivity contribution >= 4 is 48.7 Å². The first-order valence-corrected chi connectivity index (χ1v) is 11.7. The molecule has 0 aliphatic carbocycles. The Kier molecular flexibility index (Phi) is 14.5.